The van der Waals surface area contributed by atoms with Crippen molar-refractivity contribution in [1.82, 2.24) is 15.3 Å². The second-order valence-corrected chi connectivity index (χ2v) is 9.96. The molecule has 2 aromatic heterocycles. The van der Waals surface area contributed by atoms with Crippen LogP contribution in [0.3, 0.4) is 0 Å². The molecule has 0 saturated carbocycles. The standard InChI is InChI=1S/C28H25ClF3N3O2/c1-15-3-9-23(16(2)34-15)27(37,20-13-33-14-20)19-8-10-24-21(12-19)25(29)22(26(36)35-24)11-17-4-6-18(7-5-17)28(30,31)32/h3-10,12,20,33,37H,11,13-14H2,1-2H3,(H,35,36). The molecule has 0 radical (unpaired) electrons. The fourth-order valence-corrected chi connectivity index (χ4v) is 5.30. The molecule has 192 valence electrons. The lowest BCUT2D eigenvalue weighted by atomic mass is 9.72. The van der Waals surface area contributed by atoms with Crippen molar-refractivity contribution in [2.45, 2.75) is 32.0 Å². The molecule has 4 aromatic rings. The number of aromatic amines is 1. The number of rotatable bonds is 5. The van der Waals surface area contributed by atoms with Crippen LogP contribution in [0, 0.1) is 19.8 Å². The number of hydrogen-bond acceptors (Lipinski definition) is 4. The number of pyridine rings is 2. The summed E-state index contributed by atoms with van der Waals surface area (Å²) in [5.74, 6) is -0.0960. The van der Waals surface area contributed by atoms with Crippen molar-refractivity contribution in [2.24, 2.45) is 5.92 Å². The van der Waals surface area contributed by atoms with Crippen LogP contribution in [0.2, 0.25) is 5.02 Å². The van der Waals surface area contributed by atoms with Gasteiger partial charge in [0.1, 0.15) is 5.60 Å². The van der Waals surface area contributed by atoms with Crippen molar-refractivity contribution in [3.8, 4) is 0 Å². The number of H-pyrrole nitrogens is 1. The first-order chi connectivity index (χ1) is 17.5. The minimum atomic E-state index is -4.44. The third kappa shape index (κ3) is 4.54. The second kappa shape index (κ2) is 9.28. The Hall–Kier alpha value is -3.20. The van der Waals surface area contributed by atoms with Gasteiger partial charge in [-0.25, -0.2) is 0 Å². The lowest BCUT2D eigenvalue weighted by molar-refractivity contribution is -0.137. The summed E-state index contributed by atoms with van der Waals surface area (Å²) in [4.78, 5) is 20.2. The first kappa shape index (κ1) is 25.4. The fraction of sp³-hybridized carbons (Fsp3) is 0.286. The van der Waals surface area contributed by atoms with Crippen LogP contribution < -0.4 is 10.9 Å². The first-order valence-corrected chi connectivity index (χ1v) is 12.2. The molecule has 3 N–H and O–H groups in total. The highest BCUT2D eigenvalue weighted by Gasteiger charge is 2.44. The Morgan fingerprint density at radius 2 is 1.70 bits per heavy atom. The number of halogens is 4. The van der Waals surface area contributed by atoms with Gasteiger partial charge in [0.2, 0.25) is 0 Å². The first-order valence-electron chi connectivity index (χ1n) is 11.9. The van der Waals surface area contributed by atoms with E-state index in [1.54, 1.807) is 18.2 Å². The molecule has 3 heterocycles. The zero-order chi connectivity index (χ0) is 26.5. The van der Waals surface area contributed by atoms with Gasteiger partial charge in [0.25, 0.3) is 5.56 Å². The van der Waals surface area contributed by atoms with Crippen molar-refractivity contribution in [2.75, 3.05) is 13.1 Å². The Morgan fingerprint density at radius 3 is 2.30 bits per heavy atom. The van der Waals surface area contributed by atoms with Crippen LogP contribution >= 0.6 is 11.6 Å². The van der Waals surface area contributed by atoms with Crippen LogP contribution in [0.1, 0.15) is 39.2 Å². The topological polar surface area (TPSA) is 78.0 Å². The maximum Gasteiger partial charge on any atom is 0.416 e. The minimum Gasteiger partial charge on any atom is -0.380 e. The number of hydrogen-bond donors (Lipinski definition) is 3. The number of alkyl halides is 3. The van der Waals surface area contributed by atoms with Gasteiger partial charge in [0, 0.05) is 58.8 Å². The molecule has 1 atom stereocenters. The smallest absolute Gasteiger partial charge is 0.380 e. The number of aromatic nitrogens is 2. The average Bonchev–Trinajstić information content (AvgIpc) is 2.80. The molecule has 1 fully saturated rings. The van der Waals surface area contributed by atoms with Gasteiger partial charge in [-0.15, -0.1) is 0 Å². The van der Waals surface area contributed by atoms with E-state index in [0.29, 0.717) is 40.7 Å². The summed E-state index contributed by atoms with van der Waals surface area (Å²) < 4.78 is 38.8. The van der Waals surface area contributed by atoms with E-state index in [2.05, 4.69) is 15.3 Å². The highest BCUT2D eigenvalue weighted by Crippen LogP contribution is 2.41. The zero-order valence-corrected chi connectivity index (χ0v) is 21.0. The summed E-state index contributed by atoms with van der Waals surface area (Å²) in [6.45, 7) is 5.01. The van der Waals surface area contributed by atoms with E-state index in [1.807, 2.05) is 26.0 Å². The Balaban J connectivity index is 1.60. The van der Waals surface area contributed by atoms with Gasteiger partial charge in [0.15, 0.2) is 0 Å². The van der Waals surface area contributed by atoms with Crippen LogP contribution in [0.5, 0.6) is 0 Å². The van der Waals surface area contributed by atoms with Crippen molar-refractivity contribution >= 4 is 22.5 Å². The number of fused-ring (bicyclic) bond motifs is 1. The van der Waals surface area contributed by atoms with Crippen LogP contribution in [0.25, 0.3) is 10.9 Å². The van der Waals surface area contributed by atoms with Crippen molar-refractivity contribution in [1.29, 1.82) is 0 Å². The molecule has 0 aliphatic carbocycles. The summed E-state index contributed by atoms with van der Waals surface area (Å²) in [5.41, 5.74) is 1.66. The number of aryl methyl sites for hydroxylation is 2. The van der Waals surface area contributed by atoms with Crippen LogP contribution in [0.4, 0.5) is 13.2 Å². The molecular weight excluding hydrogens is 503 g/mol. The van der Waals surface area contributed by atoms with Gasteiger partial charge in [-0.05, 0) is 55.3 Å². The van der Waals surface area contributed by atoms with E-state index in [-0.39, 0.29) is 22.9 Å². The highest BCUT2D eigenvalue weighted by atomic mass is 35.5. The molecule has 0 amide bonds. The maximum atomic E-state index is 12.9. The Morgan fingerprint density at radius 1 is 1.03 bits per heavy atom. The van der Waals surface area contributed by atoms with Gasteiger partial charge in [-0.1, -0.05) is 35.9 Å². The second-order valence-electron chi connectivity index (χ2n) is 9.59. The monoisotopic (exact) mass is 527 g/mol. The van der Waals surface area contributed by atoms with E-state index in [1.165, 1.54) is 12.1 Å². The number of nitrogens with zero attached hydrogens (tertiary/aromatic N) is 1. The van der Waals surface area contributed by atoms with Crippen LogP contribution in [-0.2, 0) is 18.2 Å². The van der Waals surface area contributed by atoms with Crippen LogP contribution in [0.15, 0.2) is 59.4 Å². The molecule has 1 unspecified atom stereocenters. The van der Waals surface area contributed by atoms with Gasteiger partial charge < -0.3 is 15.4 Å². The van der Waals surface area contributed by atoms with Crippen molar-refractivity contribution in [3.05, 3.63) is 109 Å². The van der Waals surface area contributed by atoms with E-state index in [0.717, 1.165) is 23.5 Å². The summed E-state index contributed by atoms with van der Waals surface area (Å²) in [7, 11) is 0. The summed E-state index contributed by atoms with van der Waals surface area (Å²) in [6, 6.07) is 13.7. The lowest BCUT2D eigenvalue weighted by Gasteiger charge is -2.43. The third-order valence-electron chi connectivity index (χ3n) is 7.15. The number of aliphatic hydroxyl groups is 1. The van der Waals surface area contributed by atoms with Crippen molar-refractivity contribution in [3.63, 3.8) is 0 Å². The van der Waals surface area contributed by atoms with E-state index >= 15 is 0 Å². The minimum absolute atomic E-state index is 0.0598. The van der Waals surface area contributed by atoms with Gasteiger partial charge in [0.05, 0.1) is 10.6 Å². The summed E-state index contributed by atoms with van der Waals surface area (Å²) >= 11 is 6.74. The molecule has 5 rings (SSSR count). The van der Waals surface area contributed by atoms with E-state index < -0.39 is 22.9 Å². The largest absolute Gasteiger partial charge is 0.416 e. The summed E-state index contributed by atoms with van der Waals surface area (Å²) in [6.07, 6.45) is -4.38. The molecule has 2 aromatic carbocycles. The predicted molar refractivity (Wildman–Crippen MR) is 137 cm³/mol. The Labute approximate surface area is 216 Å². The molecule has 0 bridgehead atoms. The molecule has 0 spiro atoms. The number of benzene rings is 2. The molecule has 1 aliphatic rings. The van der Waals surface area contributed by atoms with Gasteiger partial charge >= 0.3 is 6.18 Å². The molecular formula is C28H25ClF3N3O2. The molecule has 9 heteroatoms. The molecule has 37 heavy (non-hydrogen) atoms. The maximum absolute atomic E-state index is 12.9. The highest BCUT2D eigenvalue weighted by molar-refractivity contribution is 6.36. The van der Waals surface area contributed by atoms with Gasteiger partial charge in [-0.3, -0.25) is 9.78 Å². The number of nitrogens with one attached hydrogen (secondary N) is 2. The van der Waals surface area contributed by atoms with Crippen molar-refractivity contribution < 1.29 is 18.3 Å². The average molecular weight is 528 g/mol. The normalized spacial score (nSPS) is 16.0. The lowest BCUT2D eigenvalue weighted by Crippen LogP contribution is -2.55. The predicted octanol–water partition coefficient (Wildman–Crippen LogP) is 5.26. The van der Waals surface area contributed by atoms with Crippen LogP contribution in [-0.4, -0.2) is 28.2 Å². The SMILES string of the molecule is Cc1ccc(C(O)(c2ccc3[nH]c(=O)c(Cc4ccc(C(F)(F)F)cc4)c(Cl)c3c2)C2CNC2)c(C)n1. The van der Waals surface area contributed by atoms with E-state index in [4.69, 9.17) is 11.6 Å². The summed E-state index contributed by atoms with van der Waals surface area (Å²) in [5, 5.41) is 16.1. The quantitative estimate of drug-likeness (QED) is 0.331. The fourth-order valence-electron chi connectivity index (χ4n) is 4.99. The zero-order valence-electron chi connectivity index (χ0n) is 20.2. The third-order valence-corrected chi connectivity index (χ3v) is 7.59. The molecule has 5 nitrogen and oxygen atoms in total. The Kier molecular flexibility index (Phi) is 6.38. The van der Waals surface area contributed by atoms with E-state index in [9.17, 15) is 23.1 Å². The molecule has 1 saturated heterocycles. The Bertz CT molecular complexity index is 1550. The molecule has 1 aliphatic heterocycles. The van der Waals surface area contributed by atoms with Gasteiger partial charge in [-0.2, -0.15) is 13.2 Å².